The van der Waals surface area contributed by atoms with E-state index in [2.05, 4.69) is 20.4 Å². The monoisotopic (exact) mass is 277 g/mol. The van der Waals surface area contributed by atoms with E-state index >= 15 is 0 Å². The first-order valence-electron chi connectivity index (χ1n) is 6.25. The van der Waals surface area contributed by atoms with Crippen LogP contribution in [0.3, 0.4) is 0 Å². The predicted molar refractivity (Wildman–Crippen MR) is 75.1 cm³/mol. The van der Waals surface area contributed by atoms with Crippen LogP contribution in [0.2, 0.25) is 0 Å². The number of hydrogen-bond donors (Lipinski definition) is 1. The molecule has 0 amide bonds. The Labute approximate surface area is 118 Å². The number of aromatic nitrogens is 4. The lowest BCUT2D eigenvalue weighted by Crippen LogP contribution is -2.07. The van der Waals surface area contributed by atoms with Gasteiger partial charge in [0.15, 0.2) is 0 Å². The highest BCUT2D eigenvalue weighted by Crippen LogP contribution is 2.19. The van der Waals surface area contributed by atoms with Crippen molar-refractivity contribution >= 4 is 5.95 Å². The molecule has 0 radical (unpaired) electrons. The topological polar surface area (TPSA) is 74.1 Å². The van der Waals surface area contributed by atoms with Crippen molar-refractivity contribution in [3.63, 3.8) is 0 Å². The summed E-state index contributed by atoms with van der Waals surface area (Å²) in [5, 5.41) is 7.55. The molecule has 2 aromatic rings. The lowest BCUT2D eigenvalue weighted by molar-refractivity contribution is 0.373. The molecule has 0 fully saturated rings. The van der Waals surface area contributed by atoms with Crippen LogP contribution in [-0.2, 0) is 13.6 Å². The lowest BCUT2D eigenvalue weighted by Gasteiger charge is -2.08. The molecule has 2 heterocycles. The summed E-state index contributed by atoms with van der Waals surface area (Å²) in [6.07, 6.45) is 0. The quantitative estimate of drug-likeness (QED) is 0.891. The molecule has 0 aliphatic carbocycles. The molecule has 0 spiro atoms. The highest BCUT2D eigenvalue weighted by atomic mass is 16.5. The molecule has 0 aromatic carbocycles. The van der Waals surface area contributed by atoms with Gasteiger partial charge in [0, 0.05) is 24.8 Å². The van der Waals surface area contributed by atoms with Crippen LogP contribution in [0.25, 0.3) is 0 Å². The number of methoxy groups -OCH3 is 2. The zero-order valence-corrected chi connectivity index (χ0v) is 12.4. The van der Waals surface area contributed by atoms with Gasteiger partial charge >= 0.3 is 0 Å². The fourth-order valence-corrected chi connectivity index (χ4v) is 1.93. The number of anilines is 1. The molecule has 20 heavy (non-hydrogen) atoms. The lowest BCUT2D eigenvalue weighted by atomic mass is 10.2. The third-order valence-electron chi connectivity index (χ3n) is 3.18. The maximum atomic E-state index is 5.11. The van der Waals surface area contributed by atoms with Gasteiger partial charge in [0.1, 0.15) is 0 Å². The van der Waals surface area contributed by atoms with Crippen LogP contribution in [0.1, 0.15) is 17.0 Å². The van der Waals surface area contributed by atoms with Gasteiger partial charge in [-0.1, -0.05) is 0 Å². The van der Waals surface area contributed by atoms with Gasteiger partial charge in [-0.05, 0) is 13.8 Å². The van der Waals surface area contributed by atoms with Crippen molar-refractivity contribution in [1.29, 1.82) is 0 Å². The molecule has 0 bridgehead atoms. The van der Waals surface area contributed by atoms with E-state index in [0.717, 1.165) is 17.0 Å². The Bertz CT molecular complexity index is 587. The highest BCUT2D eigenvalue weighted by molar-refractivity contribution is 5.36. The summed E-state index contributed by atoms with van der Waals surface area (Å²) in [6, 6.07) is 1.63. The van der Waals surface area contributed by atoms with Crippen LogP contribution in [-0.4, -0.2) is 34.0 Å². The van der Waals surface area contributed by atoms with E-state index in [0.29, 0.717) is 24.3 Å². The van der Waals surface area contributed by atoms with Crippen molar-refractivity contribution in [1.82, 2.24) is 19.7 Å². The van der Waals surface area contributed by atoms with Crippen LogP contribution >= 0.6 is 0 Å². The summed E-state index contributed by atoms with van der Waals surface area (Å²) in [4.78, 5) is 8.46. The second-order valence-electron chi connectivity index (χ2n) is 4.40. The van der Waals surface area contributed by atoms with E-state index < -0.39 is 0 Å². The normalized spacial score (nSPS) is 10.4. The van der Waals surface area contributed by atoms with Crippen LogP contribution in [0.4, 0.5) is 5.95 Å². The molecule has 1 N–H and O–H groups in total. The maximum absolute atomic E-state index is 5.11. The van der Waals surface area contributed by atoms with E-state index in [4.69, 9.17) is 9.47 Å². The molecule has 0 saturated carbocycles. The van der Waals surface area contributed by atoms with Crippen molar-refractivity contribution in [2.75, 3.05) is 19.5 Å². The molecule has 0 saturated heterocycles. The third-order valence-corrected chi connectivity index (χ3v) is 3.18. The Balaban J connectivity index is 2.18. The van der Waals surface area contributed by atoms with E-state index in [9.17, 15) is 0 Å². The molecule has 0 unspecified atom stereocenters. The van der Waals surface area contributed by atoms with Gasteiger partial charge in [0.2, 0.25) is 17.7 Å². The Morgan fingerprint density at radius 2 is 1.75 bits per heavy atom. The van der Waals surface area contributed by atoms with Gasteiger partial charge in [0.05, 0.1) is 26.0 Å². The molecule has 7 nitrogen and oxygen atoms in total. The van der Waals surface area contributed by atoms with Crippen LogP contribution in [0.15, 0.2) is 6.07 Å². The van der Waals surface area contributed by atoms with Gasteiger partial charge in [-0.3, -0.25) is 4.68 Å². The van der Waals surface area contributed by atoms with E-state index in [1.54, 1.807) is 20.3 Å². The first-order chi connectivity index (χ1) is 9.55. The van der Waals surface area contributed by atoms with Gasteiger partial charge < -0.3 is 14.8 Å². The third kappa shape index (κ3) is 2.81. The van der Waals surface area contributed by atoms with E-state index in [1.807, 2.05) is 25.6 Å². The van der Waals surface area contributed by atoms with Crippen molar-refractivity contribution in [3.8, 4) is 11.8 Å². The number of ether oxygens (including phenoxy) is 2. The average molecular weight is 277 g/mol. The summed E-state index contributed by atoms with van der Waals surface area (Å²) >= 11 is 0. The fraction of sp³-hybridized carbons (Fsp3) is 0.462. The molecule has 0 aliphatic rings. The first kappa shape index (κ1) is 14.1. The molecule has 0 aliphatic heterocycles. The molecule has 2 aromatic heterocycles. The number of rotatable bonds is 5. The number of nitrogens with zero attached hydrogens (tertiary/aromatic N) is 4. The summed E-state index contributed by atoms with van der Waals surface area (Å²) in [5.74, 6) is 1.38. The van der Waals surface area contributed by atoms with Gasteiger partial charge in [-0.25, -0.2) is 0 Å². The van der Waals surface area contributed by atoms with Crippen molar-refractivity contribution in [3.05, 3.63) is 23.0 Å². The SMILES string of the molecule is COc1cc(OC)nc(NCc2c(C)nn(C)c2C)n1. The second-order valence-corrected chi connectivity index (χ2v) is 4.40. The van der Waals surface area contributed by atoms with Gasteiger partial charge in [-0.15, -0.1) is 0 Å². The number of hydrogen-bond acceptors (Lipinski definition) is 6. The number of nitrogens with one attached hydrogen (secondary N) is 1. The predicted octanol–water partition coefficient (Wildman–Crippen LogP) is 1.46. The van der Waals surface area contributed by atoms with Gasteiger partial charge in [-0.2, -0.15) is 15.1 Å². The summed E-state index contributed by atoms with van der Waals surface area (Å²) < 4.78 is 12.1. The molecule has 7 heteroatoms. The smallest absolute Gasteiger partial charge is 0.229 e. The van der Waals surface area contributed by atoms with Crippen molar-refractivity contribution in [2.24, 2.45) is 7.05 Å². The van der Waals surface area contributed by atoms with Crippen LogP contribution in [0, 0.1) is 13.8 Å². The second kappa shape index (κ2) is 5.77. The largest absolute Gasteiger partial charge is 0.481 e. The molecular formula is C13H19N5O2. The van der Waals surface area contributed by atoms with Crippen molar-refractivity contribution in [2.45, 2.75) is 20.4 Å². The zero-order chi connectivity index (χ0) is 14.7. The molecule has 0 atom stereocenters. The van der Waals surface area contributed by atoms with E-state index in [-0.39, 0.29) is 0 Å². The Hall–Kier alpha value is -2.31. The minimum absolute atomic E-state index is 0.457. The molecule has 108 valence electrons. The van der Waals surface area contributed by atoms with Crippen LogP contribution < -0.4 is 14.8 Å². The van der Waals surface area contributed by atoms with Crippen molar-refractivity contribution < 1.29 is 9.47 Å². The standard InChI is InChI=1S/C13H19N5O2/c1-8-10(9(2)18(3)17-8)7-14-13-15-11(19-4)6-12(16-13)20-5/h6H,7H2,1-5H3,(H,14,15,16). The highest BCUT2D eigenvalue weighted by Gasteiger charge is 2.10. The maximum Gasteiger partial charge on any atom is 0.229 e. The number of aryl methyl sites for hydroxylation is 2. The van der Waals surface area contributed by atoms with E-state index in [1.165, 1.54) is 0 Å². The Morgan fingerprint density at radius 3 is 2.20 bits per heavy atom. The summed E-state index contributed by atoms with van der Waals surface area (Å²) in [7, 11) is 5.04. The van der Waals surface area contributed by atoms with Gasteiger partial charge in [0.25, 0.3) is 0 Å². The summed E-state index contributed by atoms with van der Waals surface area (Å²) in [6.45, 7) is 4.61. The zero-order valence-electron chi connectivity index (χ0n) is 12.4. The Morgan fingerprint density at radius 1 is 1.15 bits per heavy atom. The average Bonchev–Trinajstić information content (AvgIpc) is 2.69. The summed E-state index contributed by atoms with van der Waals surface area (Å²) in [5.41, 5.74) is 3.25. The Kier molecular flexibility index (Phi) is 4.07. The fourth-order valence-electron chi connectivity index (χ4n) is 1.93. The van der Waals surface area contributed by atoms with Crippen LogP contribution in [0.5, 0.6) is 11.8 Å². The first-order valence-corrected chi connectivity index (χ1v) is 6.25. The minimum atomic E-state index is 0.457. The molecular weight excluding hydrogens is 258 g/mol. The molecule has 2 rings (SSSR count). The minimum Gasteiger partial charge on any atom is -0.481 e.